The van der Waals surface area contributed by atoms with Gasteiger partial charge >= 0.3 is 12.1 Å². The van der Waals surface area contributed by atoms with Gasteiger partial charge in [-0.2, -0.15) is 0 Å². The van der Waals surface area contributed by atoms with Crippen LogP contribution in [-0.2, 0) is 35.2 Å². The van der Waals surface area contributed by atoms with Crippen LogP contribution in [0.5, 0.6) is 0 Å². The fourth-order valence-corrected chi connectivity index (χ4v) is 4.01. The number of aliphatic hydroxyl groups excluding tert-OH is 3. The summed E-state index contributed by atoms with van der Waals surface area (Å²) in [4.78, 5) is 48.7. The summed E-state index contributed by atoms with van der Waals surface area (Å²) in [6.45, 7) is 1.20. The number of aliphatic hydroxyl groups is 3. The van der Waals surface area contributed by atoms with E-state index in [0.29, 0.717) is 25.9 Å². The first-order chi connectivity index (χ1) is 20.1. The van der Waals surface area contributed by atoms with Gasteiger partial charge < -0.3 is 50.6 Å². The van der Waals surface area contributed by atoms with Crippen LogP contribution in [0.25, 0.3) is 0 Å². The van der Waals surface area contributed by atoms with Crippen molar-refractivity contribution in [3.05, 3.63) is 35.9 Å². The number of carbonyl (C=O) groups excluding carboxylic acids is 3. The quantitative estimate of drug-likeness (QED) is 0.0966. The Kier molecular flexibility index (Phi) is 15.7. The normalized spacial score (nSPS) is 21.9. The monoisotopic (exact) mass is 598 g/mol. The summed E-state index contributed by atoms with van der Waals surface area (Å²) < 4.78 is 15.8. The van der Waals surface area contributed by atoms with E-state index in [-0.39, 0.29) is 32.8 Å². The molecule has 2 rings (SSSR count). The molecule has 1 saturated heterocycles. The number of nitrogens with zero attached hydrogens (tertiary/aromatic N) is 1. The number of alkyl carbamates (subject to hydrolysis) is 1. The van der Waals surface area contributed by atoms with E-state index in [1.165, 1.54) is 11.8 Å². The molecular formula is C27H42N4O11. The molecule has 0 radical (unpaired) electrons. The summed E-state index contributed by atoms with van der Waals surface area (Å²) in [6.07, 6.45) is -4.60. The molecule has 0 aromatic heterocycles. The lowest BCUT2D eigenvalue weighted by Crippen LogP contribution is -2.57. The maximum absolute atomic E-state index is 12.3. The van der Waals surface area contributed by atoms with Crippen LogP contribution in [0, 0.1) is 0 Å². The van der Waals surface area contributed by atoms with Crippen molar-refractivity contribution in [3.8, 4) is 0 Å². The number of benzene rings is 1. The topological polar surface area (TPSA) is 216 Å². The van der Waals surface area contributed by atoms with E-state index in [1.54, 1.807) is 0 Å². The number of ether oxygens (including phenoxy) is 3. The Hall–Kier alpha value is -3.34. The van der Waals surface area contributed by atoms with Crippen LogP contribution in [0.1, 0.15) is 31.7 Å². The molecular weight excluding hydrogens is 556 g/mol. The van der Waals surface area contributed by atoms with Crippen molar-refractivity contribution < 1.29 is 53.8 Å². The number of rotatable bonds is 18. The number of nitrogens with one attached hydrogen (secondary N) is 3. The third kappa shape index (κ3) is 13.5. The highest BCUT2D eigenvalue weighted by Gasteiger charge is 2.42. The molecule has 0 unspecified atom stereocenters. The molecule has 0 bridgehead atoms. The first-order valence-corrected chi connectivity index (χ1v) is 13.8. The zero-order valence-electron chi connectivity index (χ0n) is 23.6. The van der Waals surface area contributed by atoms with E-state index in [0.717, 1.165) is 12.0 Å². The number of aliphatic carboxylic acids is 1. The van der Waals surface area contributed by atoms with Crippen molar-refractivity contribution in [1.82, 2.24) is 20.9 Å². The molecule has 1 heterocycles. The Morgan fingerprint density at radius 1 is 0.833 bits per heavy atom. The van der Waals surface area contributed by atoms with Gasteiger partial charge in [0.25, 0.3) is 0 Å². The fourth-order valence-electron chi connectivity index (χ4n) is 4.01. The number of hydrogen-bond donors (Lipinski definition) is 7. The van der Waals surface area contributed by atoms with Crippen molar-refractivity contribution in [2.24, 2.45) is 0 Å². The van der Waals surface area contributed by atoms with Crippen LogP contribution in [0.3, 0.4) is 0 Å². The Labute approximate surface area is 244 Å². The van der Waals surface area contributed by atoms with Crippen molar-refractivity contribution in [3.63, 3.8) is 0 Å². The van der Waals surface area contributed by atoms with E-state index in [4.69, 9.17) is 19.3 Å². The number of hydrogen-bond acceptors (Lipinski definition) is 11. The minimum absolute atomic E-state index is 0.00877. The van der Waals surface area contributed by atoms with Crippen molar-refractivity contribution in [2.75, 3.05) is 45.9 Å². The van der Waals surface area contributed by atoms with Crippen LogP contribution in [-0.4, -0.2) is 126 Å². The van der Waals surface area contributed by atoms with Crippen molar-refractivity contribution in [1.29, 1.82) is 0 Å². The van der Waals surface area contributed by atoms with Gasteiger partial charge in [-0.25, -0.2) is 4.79 Å². The summed E-state index contributed by atoms with van der Waals surface area (Å²) in [5.41, 5.74) is 0.891. The molecule has 1 aliphatic heterocycles. The SMILES string of the molecule is C[C@H]1O[C@H](OCCNC(=O)CN(CC(=O)O)CC(=O)NCCCCCNC(=O)OCc2ccccc2)[C@H](O)[C@@H](O)[C@H]1O. The number of unbranched alkanes of at least 4 members (excludes halogenated alkanes) is 2. The van der Waals surface area contributed by atoms with E-state index < -0.39 is 61.1 Å². The third-order valence-corrected chi connectivity index (χ3v) is 6.27. The van der Waals surface area contributed by atoms with Gasteiger partial charge in [0.05, 0.1) is 32.3 Å². The minimum atomic E-state index is -1.47. The lowest BCUT2D eigenvalue weighted by molar-refractivity contribution is -0.292. The van der Waals surface area contributed by atoms with Crippen LogP contribution in [0.4, 0.5) is 4.79 Å². The van der Waals surface area contributed by atoms with E-state index >= 15 is 0 Å². The lowest BCUT2D eigenvalue weighted by atomic mass is 10.0. The standard InChI is InChI=1S/C27H42N4O11/c1-18-23(36)24(37)25(38)26(42-18)40-13-12-29-21(33)15-31(16-22(34)35)14-20(32)28-10-6-3-7-11-30-27(39)41-17-19-8-4-2-5-9-19/h2,4-5,8-9,18,23-26,36-38H,3,6-7,10-17H2,1H3,(H,28,32)(H,29,33)(H,30,39)(H,34,35)/t18-,23+,24+,25-,26+/m1/s1. The summed E-state index contributed by atoms with van der Waals surface area (Å²) >= 11 is 0. The molecule has 1 fully saturated rings. The van der Waals surface area contributed by atoms with Gasteiger partial charge in [-0.3, -0.25) is 19.3 Å². The molecule has 3 amide bonds. The maximum atomic E-state index is 12.3. The number of carbonyl (C=O) groups is 4. The predicted octanol–water partition coefficient (Wildman–Crippen LogP) is -1.45. The van der Waals surface area contributed by atoms with Crippen molar-refractivity contribution in [2.45, 2.75) is 63.5 Å². The average molecular weight is 599 g/mol. The third-order valence-electron chi connectivity index (χ3n) is 6.27. The van der Waals surface area contributed by atoms with Gasteiger partial charge in [0.15, 0.2) is 6.29 Å². The second-order valence-electron chi connectivity index (χ2n) is 9.84. The van der Waals surface area contributed by atoms with Crippen molar-refractivity contribution >= 4 is 23.9 Å². The molecule has 7 N–H and O–H groups in total. The van der Waals surface area contributed by atoms with Gasteiger partial charge in [0.2, 0.25) is 11.8 Å². The summed E-state index contributed by atoms with van der Waals surface area (Å²) in [5.74, 6) is -2.18. The molecule has 0 saturated carbocycles. The Bertz CT molecular complexity index is 984. The first kappa shape index (κ1) is 34.9. The number of amides is 3. The Morgan fingerprint density at radius 3 is 2.10 bits per heavy atom. The Morgan fingerprint density at radius 2 is 1.45 bits per heavy atom. The van der Waals surface area contributed by atoms with Gasteiger partial charge in [-0.15, -0.1) is 0 Å². The van der Waals surface area contributed by atoms with E-state index in [9.17, 15) is 34.5 Å². The molecule has 5 atom stereocenters. The molecule has 42 heavy (non-hydrogen) atoms. The second kappa shape index (κ2) is 19.0. The molecule has 15 nitrogen and oxygen atoms in total. The molecule has 1 aliphatic rings. The maximum Gasteiger partial charge on any atom is 0.407 e. The first-order valence-electron chi connectivity index (χ1n) is 13.8. The van der Waals surface area contributed by atoms with Crippen LogP contribution < -0.4 is 16.0 Å². The molecule has 1 aromatic rings. The van der Waals surface area contributed by atoms with Crippen LogP contribution in [0.2, 0.25) is 0 Å². The second-order valence-corrected chi connectivity index (χ2v) is 9.84. The molecule has 0 spiro atoms. The zero-order chi connectivity index (χ0) is 30.9. The molecule has 1 aromatic carbocycles. The van der Waals surface area contributed by atoms with Gasteiger partial charge in [0.1, 0.15) is 24.9 Å². The highest BCUT2D eigenvalue weighted by molar-refractivity contribution is 5.82. The van der Waals surface area contributed by atoms with E-state index in [2.05, 4.69) is 16.0 Å². The van der Waals surface area contributed by atoms with E-state index in [1.807, 2.05) is 30.3 Å². The summed E-state index contributed by atoms with van der Waals surface area (Å²) in [5, 5.41) is 46.5. The summed E-state index contributed by atoms with van der Waals surface area (Å²) in [7, 11) is 0. The molecule has 15 heteroatoms. The van der Waals surface area contributed by atoms with Gasteiger partial charge in [-0.1, -0.05) is 30.3 Å². The van der Waals surface area contributed by atoms with Gasteiger partial charge in [-0.05, 0) is 31.7 Å². The number of carboxylic acid groups (broad SMARTS) is 1. The predicted molar refractivity (Wildman–Crippen MR) is 147 cm³/mol. The highest BCUT2D eigenvalue weighted by Crippen LogP contribution is 2.21. The molecule has 236 valence electrons. The smallest absolute Gasteiger partial charge is 0.407 e. The van der Waals surface area contributed by atoms with Gasteiger partial charge in [0, 0.05) is 19.6 Å². The largest absolute Gasteiger partial charge is 0.480 e. The fraction of sp³-hybridized carbons (Fsp3) is 0.630. The Balaban J connectivity index is 1.56. The lowest BCUT2D eigenvalue weighted by Gasteiger charge is -2.38. The van der Waals surface area contributed by atoms with Crippen LogP contribution in [0.15, 0.2) is 30.3 Å². The average Bonchev–Trinajstić information content (AvgIpc) is 2.95. The molecule has 0 aliphatic carbocycles. The zero-order valence-corrected chi connectivity index (χ0v) is 23.6. The van der Waals surface area contributed by atoms with Crippen LogP contribution >= 0.6 is 0 Å². The number of carboxylic acids is 1. The highest BCUT2D eigenvalue weighted by atomic mass is 16.7. The summed E-state index contributed by atoms with van der Waals surface area (Å²) in [6, 6.07) is 9.32. The minimum Gasteiger partial charge on any atom is -0.480 e.